The number of hydrogen-bond donors (Lipinski definition) is 0. The van der Waals surface area contributed by atoms with Gasteiger partial charge >= 0.3 is 11.9 Å². The van der Waals surface area contributed by atoms with Crippen LogP contribution in [0.15, 0.2) is 0 Å². The highest BCUT2D eigenvalue weighted by Gasteiger charge is 2.32. The lowest BCUT2D eigenvalue weighted by molar-refractivity contribution is -0.153. The molecule has 0 aromatic heterocycles. The summed E-state index contributed by atoms with van der Waals surface area (Å²) in [5.41, 5.74) is 0. The van der Waals surface area contributed by atoms with E-state index < -0.39 is 0 Å². The smallest absolute Gasteiger partial charge is 0.317 e. The fourth-order valence-electron chi connectivity index (χ4n) is 1.76. The molecule has 1 aliphatic rings. The van der Waals surface area contributed by atoms with Crippen LogP contribution in [0.1, 0.15) is 39.5 Å². The van der Waals surface area contributed by atoms with Crippen LogP contribution in [0, 0.1) is 5.92 Å². The van der Waals surface area contributed by atoms with Crippen molar-refractivity contribution in [2.75, 3.05) is 6.61 Å². The summed E-state index contributed by atoms with van der Waals surface area (Å²) in [6, 6.07) is 0. The minimum Gasteiger partial charge on any atom is -0.393 e. The molecule has 1 fully saturated rings. The van der Waals surface area contributed by atoms with Crippen molar-refractivity contribution in [3.8, 4) is 0 Å². The van der Waals surface area contributed by atoms with Gasteiger partial charge in [0.15, 0.2) is 0 Å². The Morgan fingerprint density at radius 1 is 1.53 bits per heavy atom. The molecule has 86 valence electrons. The van der Waals surface area contributed by atoms with Gasteiger partial charge in [0.2, 0.25) is 0 Å². The Morgan fingerprint density at radius 3 is 2.80 bits per heavy atom. The van der Waals surface area contributed by atoms with Gasteiger partial charge in [0, 0.05) is 6.61 Å². The SMILES string of the molecule is CCO[C@H](C)CCCC1CC(=O)OC1=O. The van der Waals surface area contributed by atoms with Gasteiger partial charge in [0.05, 0.1) is 18.4 Å². The van der Waals surface area contributed by atoms with E-state index in [1.807, 2.05) is 13.8 Å². The van der Waals surface area contributed by atoms with Gasteiger partial charge < -0.3 is 9.47 Å². The number of esters is 2. The molecule has 0 amide bonds. The van der Waals surface area contributed by atoms with E-state index in [4.69, 9.17) is 4.74 Å². The van der Waals surface area contributed by atoms with Gasteiger partial charge in [-0.05, 0) is 26.7 Å². The summed E-state index contributed by atoms with van der Waals surface area (Å²) in [6.45, 7) is 4.69. The molecule has 1 saturated heterocycles. The normalized spacial score (nSPS) is 22.9. The van der Waals surface area contributed by atoms with Gasteiger partial charge in [-0.3, -0.25) is 9.59 Å². The van der Waals surface area contributed by atoms with Crippen LogP contribution < -0.4 is 0 Å². The summed E-state index contributed by atoms with van der Waals surface area (Å²) in [5, 5.41) is 0. The zero-order valence-electron chi connectivity index (χ0n) is 9.32. The summed E-state index contributed by atoms with van der Waals surface area (Å²) < 4.78 is 9.84. The molecule has 1 heterocycles. The summed E-state index contributed by atoms with van der Waals surface area (Å²) in [4.78, 5) is 21.9. The van der Waals surface area contributed by atoms with E-state index in [2.05, 4.69) is 4.74 Å². The monoisotopic (exact) mass is 214 g/mol. The molecule has 4 nitrogen and oxygen atoms in total. The van der Waals surface area contributed by atoms with Crippen molar-refractivity contribution in [2.24, 2.45) is 5.92 Å². The van der Waals surface area contributed by atoms with Gasteiger partial charge in [-0.1, -0.05) is 6.42 Å². The first-order chi connectivity index (χ1) is 7.13. The molecule has 0 aliphatic carbocycles. The molecule has 0 saturated carbocycles. The fourth-order valence-corrected chi connectivity index (χ4v) is 1.76. The summed E-state index contributed by atoms with van der Waals surface area (Å²) in [5.74, 6) is -0.960. The predicted molar refractivity (Wildman–Crippen MR) is 54.1 cm³/mol. The quantitative estimate of drug-likeness (QED) is 0.498. The molecule has 4 heteroatoms. The number of carbonyl (C=O) groups excluding carboxylic acids is 2. The van der Waals surface area contributed by atoms with Crippen LogP contribution in [0.5, 0.6) is 0 Å². The number of cyclic esters (lactones) is 2. The summed E-state index contributed by atoms with van der Waals surface area (Å²) >= 11 is 0. The van der Waals surface area contributed by atoms with Crippen LogP contribution >= 0.6 is 0 Å². The number of rotatable bonds is 6. The average Bonchev–Trinajstić information content (AvgIpc) is 2.46. The minimum absolute atomic E-state index is 0.216. The lowest BCUT2D eigenvalue weighted by atomic mass is 9.99. The predicted octanol–water partition coefficient (Wildman–Crippen LogP) is 1.67. The van der Waals surface area contributed by atoms with E-state index in [0.717, 1.165) is 19.3 Å². The Hall–Kier alpha value is -0.900. The van der Waals surface area contributed by atoms with Crippen LogP contribution in [-0.4, -0.2) is 24.6 Å². The van der Waals surface area contributed by atoms with Gasteiger partial charge in [-0.2, -0.15) is 0 Å². The van der Waals surface area contributed by atoms with Crippen LogP contribution in [0.4, 0.5) is 0 Å². The first-order valence-corrected chi connectivity index (χ1v) is 5.49. The van der Waals surface area contributed by atoms with Crippen molar-refractivity contribution in [2.45, 2.75) is 45.6 Å². The average molecular weight is 214 g/mol. The Balaban J connectivity index is 2.15. The van der Waals surface area contributed by atoms with Crippen molar-refractivity contribution in [1.82, 2.24) is 0 Å². The van der Waals surface area contributed by atoms with E-state index in [-0.39, 0.29) is 30.4 Å². The highest BCUT2D eigenvalue weighted by molar-refractivity contribution is 5.94. The third kappa shape index (κ3) is 4.00. The lowest BCUT2D eigenvalue weighted by Crippen LogP contribution is -2.11. The first-order valence-electron chi connectivity index (χ1n) is 5.49. The maximum absolute atomic E-state index is 11.1. The van der Waals surface area contributed by atoms with Crippen molar-refractivity contribution < 1.29 is 19.1 Å². The van der Waals surface area contributed by atoms with E-state index in [0.29, 0.717) is 6.61 Å². The van der Waals surface area contributed by atoms with E-state index in [9.17, 15) is 9.59 Å². The molecule has 15 heavy (non-hydrogen) atoms. The Kier molecular flexibility index (Phi) is 4.75. The van der Waals surface area contributed by atoms with Crippen molar-refractivity contribution >= 4 is 11.9 Å². The van der Waals surface area contributed by atoms with E-state index in [1.54, 1.807) is 0 Å². The fraction of sp³-hybridized carbons (Fsp3) is 0.818. The minimum atomic E-state index is -0.386. The molecule has 0 radical (unpaired) electrons. The molecule has 0 aromatic rings. The largest absolute Gasteiger partial charge is 0.393 e. The molecule has 0 bridgehead atoms. The van der Waals surface area contributed by atoms with Gasteiger partial charge in [-0.15, -0.1) is 0 Å². The lowest BCUT2D eigenvalue weighted by Gasteiger charge is -2.11. The summed E-state index contributed by atoms with van der Waals surface area (Å²) in [7, 11) is 0. The molecule has 1 aliphatic heterocycles. The molecular weight excluding hydrogens is 196 g/mol. The van der Waals surface area contributed by atoms with Crippen molar-refractivity contribution in [1.29, 1.82) is 0 Å². The Labute approximate surface area is 89.9 Å². The standard InChI is InChI=1S/C11H18O4/c1-3-14-8(2)5-4-6-9-7-10(12)15-11(9)13/h8-9H,3-7H2,1-2H3/t8-,9?/m1/s1. The molecule has 0 aromatic carbocycles. The van der Waals surface area contributed by atoms with Gasteiger partial charge in [0.25, 0.3) is 0 Å². The van der Waals surface area contributed by atoms with Crippen LogP contribution in [0.3, 0.4) is 0 Å². The number of hydrogen-bond acceptors (Lipinski definition) is 4. The van der Waals surface area contributed by atoms with Crippen LogP contribution in [0.25, 0.3) is 0 Å². The first kappa shape index (κ1) is 12.2. The molecule has 0 N–H and O–H groups in total. The second kappa shape index (κ2) is 5.85. The molecular formula is C11H18O4. The maximum Gasteiger partial charge on any atom is 0.317 e. The third-order valence-corrected chi connectivity index (χ3v) is 2.58. The summed E-state index contributed by atoms with van der Waals surface area (Å²) in [6.07, 6.45) is 3.02. The Bertz CT molecular complexity index is 237. The van der Waals surface area contributed by atoms with Crippen molar-refractivity contribution in [3.63, 3.8) is 0 Å². The van der Waals surface area contributed by atoms with Crippen LogP contribution in [0.2, 0.25) is 0 Å². The van der Waals surface area contributed by atoms with Gasteiger partial charge in [0.1, 0.15) is 0 Å². The number of carbonyl (C=O) groups is 2. The Morgan fingerprint density at radius 2 is 2.27 bits per heavy atom. The third-order valence-electron chi connectivity index (χ3n) is 2.58. The zero-order valence-corrected chi connectivity index (χ0v) is 9.32. The molecule has 0 spiro atoms. The molecule has 2 atom stereocenters. The topological polar surface area (TPSA) is 52.6 Å². The second-order valence-corrected chi connectivity index (χ2v) is 3.89. The molecule has 1 unspecified atom stereocenters. The highest BCUT2D eigenvalue weighted by Crippen LogP contribution is 2.22. The van der Waals surface area contributed by atoms with Gasteiger partial charge in [-0.25, -0.2) is 0 Å². The van der Waals surface area contributed by atoms with E-state index >= 15 is 0 Å². The van der Waals surface area contributed by atoms with E-state index in [1.165, 1.54) is 0 Å². The maximum atomic E-state index is 11.1. The second-order valence-electron chi connectivity index (χ2n) is 3.89. The highest BCUT2D eigenvalue weighted by atomic mass is 16.6. The zero-order chi connectivity index (χ0) is 11.3. The number of ether oxygens (including phenoxy) is 2. The van der Waals surface area contributed by atoms with Crippen molar-refractivity contribution in [3.05, 3.63) is 0 Å². The van der Waals surface area contributed by atoms with Crippen LogP contribution in [-0.2, 0) is 19.1 Å². The molecule has 1 rings (SSSR count).